The fourth-order valence-corrected chi connectivity index (χ4v) is 4.44. The Morgan fingerprint density at radius 3 is 2.33 bits per heavy atom. The first kappa shape index (κ1) is 40.1. The minimum atomic E-state index is -0.647. The summed E-state index contributed by atoms with van der Waals surface area (Å²) < 4.78 is 10.6. The highest BCUT2D eigenvalue weighted by Gasteiger charge is 2.16. The van der Waals surface area contributed by atoms with Gasteiger partial charge in [-0.05, 0) is 64.0 Å². The van der Waals surface area contributed by atoms with Crippen LogP contribution in [0.1, 0.15) is 52.8 Å². The monoisotopic (exact) mass is 578 g/mol. The molecule has 2 rings (SSSR count). The minimum absolute atomic E-state index is 0.292. The number of para-hydroxylation sites is 1. The Morgan fingerprint density at radius 2 is 1.80 bits per heavy atom. The average Bonchev–Trinajstić information content (AvgIpc) is 2.99. The summed E-state index contributed by atoms with van der Waals surface area (Å²) in [6.45, 7) is 15.8. The van der Waals surface area contributed by atoms with Crippen molar-refractivity contribution >= 4 is 22.7 Å². The molecular weight excluding hydrogens is 523 g/mol. The van der Waals surface area contributed by atoms with Gasteiger partial charge in [-0.25, -0.2) is 4.39 Å². The topological polar surface area (TPSA) is 80.7 Å². The molecule has 2 aromatic rings. The summed E-state index contributed by atoms with van der Waals surface area (Å²) in [5.41, 5.74) is 2.86. The second-order valence-electron chi connectivity index (χ2n) is 8.82. The number of allylic oxidation sites excluding steroid dienone is 2. The van der Waals surface area contributed by atoms with Gasteiger partial charge in [0.15, 0.2) is 0 Å². The number of hydrogen-bond acceptors (Lipinski definition) is 7. The summed E-state index contributed by atoms with van der Waals surface area (Å²) >= 11 is 1.71. The predicted octanol–water partition coefficient (Wildman–Crippen LogP) is 6.15. The van der Waals surface area contributed by atoms with E-state index in [4.69, 9.17) is 0 Å². The molecule has 0 radical (unpaired) electrons. The molecule has 6 nitrogen and oxygen atoms in total. The second-order valence-corrected chi connectivity index (χ2v) is 9.93. The number of aliphatic hydroxyl groups excluding tert-OH is 2. The van der Waals surface area contributed by atoms with Gasteiger partial charge < -0.3 is 20.8 Å². The van der Waals surface area contributed by atoms with E-state index in [1.165, 1.54) is 16.6 Å². The summed E-state index contributed by atoms with van der Waals surface area (Å²) in [5, 5.41) is 27.8. The van der Waals surface area contributed by atoms with E-state index in [1.54, 1.807) is 11.8 Å². The lowest BCUT2D eigenvalue weighted by Gasteiger charge is -2.23. The van der Waals surface area contributed by atoms with Gasteiger partial charge in [-0.3, -0.25) is 9.88 Å². The number of rotatable bonds is 14. The zero-order valence-electron chi connectivity index (χ0n) is 26.1. The molecule has 2 atom stereocenters. The number of aromatic nitrogens is 1. The molecule has 0 aliphatic heterocycles. The van der Waals surface area contributed by atoms with Crippen LogP contribution in [0.3, 0.4) is 0 Å². The van der Waals surface area contributed by atoms with Crippen LogP contribution in [0.2, 0.25) is 0 Å². The Morgan fingerprint density at radius 1 is 1.15 bits per heavy atom. The molecule has 1 aromatic carbocycles. The van der Waals surface area contributed by atoms with Crippen LogP contribution in [0, 0.1) is 0 Å². The third-order valence-electron chi connectivity index (χ3n) is 5.37. The van der Waals surface area contributed by atoms with Crippen molar-refractivity contribution in [1.82, 2.24) is 20.5 Å². The standard InChI is InChI=1S/C22H33N3O2S.C5H11N.C3H5F.C2H6/c1-5-18(26)15-28-22(16(2)12-23-3)14-25(4)13-21(27)20-11-10-17-8-6-7-9-19(17)24-20;1-3-4-5-6-2;1-2-3-4;1-2/h6-11,18,21,23,26-27H,5,12-15H2,1-4H3;3-4,6H,5H2,1-2H3;2H,1,3H2;1-2H3/b22-16-;4-3+;;. The van der Waals surface area contributed by atoms with E-state index in [0.717, 1.165) is 37.0 Å². The van der Waals surface area contributed by atoms with Gasteiger partial charge in [0, 0.05) is 37.3 Å². The molecule has 0 fully saturated rings. The molecule has 0 bridgehead atoms. The molecule has 2 unspecified atom stereocenters. The fraction of sp³-hybridized carbons (Fsp3) is 0.531. The maximum absolute atomic E-state index is 10.7. The van der Waals surface area contributed by atoms with Gasteiger partial charge in [-0.1, -0.05) is 63.3 Å². The Labute approximate surface area is 247 Å². The molecule has 4 N–H and O–H groups in total. The molecule has 0 aliphatic rings. The van der Waals surface area contributed by atoms with Crippen LogP contribution in [-0.4, -0.2) is 86.0 Å². The van der Waals surface area contributed by atoms with E-state index < -0.39 is 12.8 Å². The number of aliphatic hydroxyl groups is 2. The van der Waals surface area contributed by atoms with E-state index in [1.807, 2.05) is 91.3 Å². The normalized spacial score (nSPS) is 12.8. The van der Waals surface area contributed by atoms with Crippen LogP contribution in [0.25, 0.3) is 10.9 Å². The van der Waals surface area contributed by atoms with Crippen molar-refractivity contribution in [2.45, 2.75) is 53.2 Å². The first-order valence-corrected chi connectivity index (χ1v) is 15.0. The zero-order valence-corrected chi connectivity index (χ0v) is 26.9. The fourth-order valence-electron chi connectivity index (χ4n) is 3.18. The molecule has 0 spiro atoms. The first-order chi connectivity index (χ1) is 19.3. The van der Waals surface area contributed by atoms with Crippen LogP contribution in [0.4, 0.5) is 4.39 Å². The number of hydrogen-bond donors (Lipinski definition) is 4. The highest BCUT2D eigenvalue weighted by molar-refractivity contribution is 8.03. The summed E-state index contributed by atoms with van der Waals surface area (Å²) in [6.07, 6.45) is 5.12. The van der Waals surface area contributed by atoms with Gasteiger partial charge in [0.2, 0.25) is 0 Å². The molecule has 0 saturated carbocycles. The molecule has 1 heterocycles. The van der Waals surface area contributed by atoms with Crippen LogP contribution in [-0.2, 0) is 0 Å². The van der Waals surface area contributed by atoms with Crippen molar-refractivity contribution in [1.29, 1.82) is 0 Å². The van der Waals surface area contributed by atoms with Gasteiger partial charge in [-0.2, -0.15) is 0 Å². The number of likely N-dealkylation sites (N-methyl/N-ethyl adjacent to an activating group) is 3. The maximum Gasteiger partial charge on any atom is 0.109 e. The molecule has 40 heavy (non-hydrogen) atoms. The number of pyridine rings is 1. The number of thioether (sulfide) groups is 1. The number of benzene rings is 1. The van der Waals surface area contributed by atoms with Crippen molar-refractivity contribution in [3.63, 3.8) is 0 Å². The van der Waals surface area contributed by atoms with Gasteiger partial charge in [0.05, 0.1) is 17.3 Å². The average molecular weight is 579 g/mol. The third-order valence-corrected chi connectivity index (χ3v) is 6.74. The van der Waals surface area contributed by atoms with E-state index in [0.29, 0.717) is 18.0 Å². The molecule has 8 heteroatoms. The molecular formula is C32H55FN4O2S. The van der Waals surface area contributed by atoms with E-state index >= 15 is 0 Å². The van der Waals surface area contributed by atoms with E-state index in [9.17, 15) is 14.6 Å². The number of nitrogens with zero attached hydrogens (tertiary/aromatic N) is 2. The van der Waals surface area contributed by atoms with Crippen LogP contribution >= 0.6 is 11.8 Å². The van der Waals surface area contributed by atoms with Gasteiger partial charge in [-0.15, -0.1) is 18.3 Å². The van der Waals surface area contributed by atoms with Crippen molar-refractivity contribution in [2.75, 3.05) is 59.7 Å². The van der Waals surface area contributed by atoms with Crippen LogP contribution < -0.4 is 10.6 Å². The lowest BCUT2D eigenvalue weighted by molar-refractivity contribution is 0.128. The quantitative estimate of drug-likeness (QED) is 0.200. The van der Waals surface area contributed by atoms with Gasteiger partial charge in [0.1, 0.15) is 12.8 Å². The van der Waals surface area contributed by atoms with E-state index in [-0.39, 0.29) is 6.10 Å². The molecule has 0 amide bonds. The zero-order chi connectivity index (χ0) is 30.8. The second kappa shape index (κ2) is 27.1. The van der Waals surface area contributed by atoms with Crippen molar-refractivity contribution in [2.24, 2.45) is 0 Å². The Balaban J connectivity index is 0. The summed E-state index contributed by atoms with van der Waals surface area (Å²) in [7, 11) is 5.87. The molecule has 0 saturated heterocycles. The summed E-state index contributed by atoms with van der Waals surface area (Å²) in [5.74, 6) is 0.690. The lowest BCUT2D eigenvalue weighted by atomic mass is 10.1. The molecule has 228 valence electrons. The number of halogens is 1. The van der Waals surface area contributed by atoms with Gasteiger partial charge in [0.25, 0.3) is 0 Å². The number of nitrogens with one attached hydrogen (secondary N) is 2. The smallest absolute Gasteiger partial charge is 0.109 e. The number of fused-ring (bicyclic) bond motifs is 1. The predicted molar refractivity (Wildman–Crippen MR) is 176 cm³/mol. The highest BCUT2D eigenvalue weighted by atomic mass is 32.2. The van der Waals surface area contributed by atoms with E-state index in [2.05, 4.69) is 40.1 Å². The third kappa shape index (κ3) is 19.1. The summed E-state index contributed by atoms with van der Waals surface area (Å²) in [6, 6.07) is 11.8. The SMILES string of the molecule is C/C=C/CNC.C=CCF.CC.CCC(O)CS/C(CN(C)CC(O)c1ccc2ccccc2n1)=C(/C)CNC. The Hall–Kier alpha value is -2.07. The van der Waals surface area contributed by atoms with Crippen molar-refractivity contribution in [3.05, 3.63) is 77.4 Å². The van der Waals surface area contributed by atoms with Gasteiger partial charge >= 0.3 is 0 Å². The van der Waals surface area contributed by atoms with Crippen molar-refractivity contribution < 1.29 is 14.6 Å². The van der Waals surface area contributed by atoms with Crippen LogP contribution in [0.5, 0.6) is 0 Å². The highest BCUT2D eigenvalue weighted by Crippen LogP contribution is 2.24. The lowest BCUT2D eigenvalue weighted by Crippen LogP contribution is -2.28. The molecule has 1 aromatic heterocycles. The first-order valence-electron chi connectivity index (χ1n) is 14.1. The Kier molecular flexibility index (Phi) is 27.2. The van der Waals surface area contributed by atoms with Crippen LogP contribution in [0.15, 0.2) is 71.7 Å². The number of alkyl halides is 1. The minimum Gasteiger partial charge on any atom is -0.392 e. The largest absolute Gasteiger partial charge is 0.392 e. The Bertz CT molecular complexity index is 955. The van der Waals surface area contributed by atoms with Crippen molar-refractivity contribution in [3.8, 4) is 0 Å². The maximum atomic E-state index is 10.7. The molecule has 0 aliphatic carbocycles. The summed E-state index contributed by atoms with van der Waals surface area (Å²) in [4.78, 5) is 7.96.